The number of imidazole rings is 1. The van der Waals surface area contributed by atoms with Crippen LogP contribution in [0.5, 0.6) is 0 Å². The fourth-order valence-corrected chi connectivity index (χ4v) is 5.50. The highest BCUT2D eigenvalue weighted by atomic mass is 16.6. The van der Waals surface area contributed by atoms with Crippen LogP contribution in [-0.4, -0.2) is 35.1 Å². The number of esters is 1. The van der Waals surface area contributed by atoms with Crippen molar-refractivity contribution in [2.75, 3.05) is 13.1 Å². The van der Waals surface area contributed by atoms with Crippen LogP contribution < -0.4 is 5.32 Å². The minimum Gasteiger partial charge on any atom is -0.462 e. The molecular weight excluding hydrogens is 314 g/mol. The lowest BCUT2D eigenvalue weighted by Gasteiger charge is -2.49. The topological polar surface area (TPSA) is 71.6 Å². The number of carbonyl (C=O) groups is 1. The number of nitrogens with zero attached hydrogens (tertiary/aromatic N) is 1. The first kappa shape index (κ1) is 16.8. The van der Waals surface area contributed by atoms with Gasteiger partial charge in [-0.3, -0.25) is 4.79 Å². The number of H-pyrrole nitrogens is 1. The van der Waals surface area contributed by atoms with Gasteiger partial charge in [0.25, 0.3) is 0 Å². The summed E-state index contributed by atoms with van der Waals surface area (Å²) in [5.74, 6) is 1.03. The third kappa shape index (κ3) is 3.14. The molecule has 1 aromatic heterocycles. The summed E-state index contributed by atoms with van der Waals surface area (Å²) in [6, 6.07) is 0. The van der Waals surface area contributed by atoms with E-state index in [-0.39, 0.29) is 23.4 Å². The van der Waals surface area contributed by atoms with Gasteiger partial charge in [0.05, 0.1) is 19.4 Å². The summed E-state index contributed by atoms with van der Waals surface area (Å²) in [5.41, 5.74) is 2.85. The SMILES string of the molecule is C=C1CCC[C@@]2(C)C[C@H]3OC(=O)[C@@H](C[NH2+]CCc4cnc[nH]4)[C@@H]3C[C@H]12. The number of allylic oxidation sites excluding steroid dienone is 1. The number of rotatable bonds is 5. The zero-order valence-corrected chi connectivity index (χ0v) is 15.2. The number of quaternary nitrogens is 1. The molecule has 4 rings (SSSR count). The van der Waals surface area contributed by atoms with Crippen molar-refractivity contribution in [3.63, 3.8) is 0 Å². The van der Waals surface area contributed by atoms with Gasteiger partial charge in [-0.05, 0) is 43.4 Å². The summed E-state index contributed by atoms with van der Waals surface area (Å²) in [6.07, 6.45) is 10.4. The Morgan fingerprint density at radius 3 is 3.20 bits per heavy atom. The Hall–Kier alpha value is -1.62. The van der Waals surface area contributed by atoms with Crippen molar-refractivity contribution in [1.29, 1.82) is 0 Å². The quantitative estimate of drug-likeness (QED) is 0.486. The van der Waals surface area contributed by atoms with E-state index in [1.54, 1.807) is 6.33 Å². The van der Waals surface area contributed by atoms with E-state index >= 15 is 0 Å². The predicted molar refractivity (Wildman–Crippen MR) is 94.6 cm³/mol. The smallest absolute Gasteiger partial charge is 0.315 e. The second-order valence-corrected chi connectivity index (χ2v) is 8.54. The van der Waals surface area contributed by atoms with Crippen LogP contribution in [0.3, 0.4) is 0 Å². The first-order valence-electron chi connectivity index (χ1n) is 9.74. The number of carbonyl (C=O) groups excluding carboxylic acids is 1. The van der Waals surface area contributed by atoms with Gasteiger partial charge >= 0.3 is 5.97 Å². The highest BCUT2D eigenvalue weighted by molar-refractivity contribution is 5.75. The van der Waals surface area contributed by atoms with Crippen LogP contribution in [0.15, 0.2) is 24.7 Å². The molecule has 5 heteroatoms. The second kappa shape index (κ2) is 6.60. The van der Waals surface area contributed by atoms with Crippen LogP contribution in [0.4, 0.5) is 0 Å². The number of hydrogen-bond donors (Lipinski definition) is 2. The summed E-state index contributed by atoms with van der Waals surface area (Å²) in [4.78, 5) is 19.6. The summed E-state index contributed by atoms with van der Waals surface area (Å²) in [7, 11) is 0. The number of aromatic nitrogens is 2. The molecule has 0 unspecified atom stereocenters. The van der Waals surface area contributed by atoms with E-state index in [2.05, 4.69) is 28.8 Å². The van der Waals surface area contributed by atoms with Crippen LogP contribution >= 0.6 is 0 Å². The Kier molecular flexibility index (Phi) is 4.44. The molecule has 3 N–H and O–H groups in total. The summed E-state index contributed by atoms with van der Waals surface area (Å²) in [5, 5.41) is 2.26. The van der Waals surface area contributed by atoms with E-state index in [9.17, 15) is 4.79 Å². The maximum absolute atomic E-state index is 12.5. The largest absolute Gasteiger partial charge is 0.462 e. The molecule has 3 aliphatic rings. The van der Waals surface area contributed by atoms with Crippen molar-refractivity contribution in [3.8, 4) is 0 Å². The molecule has 2 aliphatic carbocycles. The second-order valence-electron chi connectivity index (χ2n) is 8.54. The molecule has 0 amide bonds. The van der Waals surface area contributed by atoms with Gasteiger partial charge in [0, 0.05) is 24.2 Å². The van der Waals surface area contributed by atoms with Crippen molar-refractivity contribution in [1.82, 2.24) is 9.97 Å². The Labute approximate surface area is 149 Å². The average Bonchev–Trinajstić information content (AvgIpc) is 3.17. The molecule has 0 radical (unpaired) electrons. The van der Waals surface area contributed by atoms with E-state index in [0.29, 0.717) is 11.8 Å². The van der Waals surface area contributed by atoms with Crippen molar-refractivity contribution in [3.05, 3.63) is 30.4 Å². The molecule has 1 aromatic rings. The van der Waals surface area contributed by atoms with E-state index in [1.165, 1.54) is 18.4 Å². The zero-order valence-electron chi connectivity index (χ0n) is 15.2. The fraction of sp³-hybridized carbons (Fsp3) is 0.700. The van der Waals surface area contributed by atoms with Gasteiger partial charge < -0.3 is 15.0 Å². The van der Waals surface area contributed by atoms with E-state index in [1.807, 2.05) is 6.20 Å². The highest BCUT2D eigenvalue weighted by Gasteiger charge is 2.55. The third-order valence-electron chi connectivity index (χ3n) is 6.91. The van der Waals surface area contributed by atoms with Crippen molar-refractivity contribution in [2.24, 2.45) is 23.2 Å². The lowest BCUT2D eigenvalue weighted by atomic mass is 9.55. The van der Waals surface area contributed by atoms with Crippen molar-refractivity contribution >= 4 is 5.97 Å². The summed E-state index contributed by atoms with van der Waals surface area (Å²) in [6.45, 7) is 8.55. The zero-order chi connectivity index (χ0) is 17.4. The highest BCUT2D eigenvalue weighted by Crippen LogP contribution is 2.56. The molecule has 2 heterocycles. The lowest BCUT2D eigenvalue weighted by molar-refractivity contribution is -0.658. The molecule has 25 heavy (non-hydrogen) atoms. The van der Waals surface area contributed by atoms with Crippen molar-refractivity contribution < 1.29 is 14.8 Å². The molecule has 5 atom stereocenters. The van der Waals surface area contributed by atoms with Gasteiger partial charge in [-0.1, -0.05) is 19.1 Å². The minimum absolute atomic E-state index is 0.0284. The Morgan fingerprint density at radius 1 is 1.52 bits per heavy atom. The van der Waals surface area contributed by atoms with E-state index < -0.39 is 0 Å². The molecule has 3 fully saturated rings. The minimum atomic E-state index is 0.0284. The fourth-order valence-electron chi connectivity index (χ4n) is 5.50. The van der Waals surface area contributed by atoms with Gasteiger partial charge in [0.1, 0.15) is 12.0 Å². The van der Waals surface area contributed by atoms with Crippen LogP contribution in [0, 0.1) is 23.2 Å². The number of fused-ring (bicyclic) bond motifs is 2. The van der Waals surface area contributed by atoms with Gasteiger partial charge in [-0.15, -0.1) is 0 Å². The van der Waals surface area contributed by atoms with Crippen LogP contribution in [0.25, 0.3) is 0 Å². The molecule has 0 aromatic carbocycles. The Bertz CT molecular complexity index is 641. The van der Waals surface area contributed by atoms with Crippen LogP contribution in [-0.2, 0) is 16.0 Å². The Balaban J connectivity index is 1.37. The maximum Gasteiger partial charge on any atom is 0.315 e. The molecular formula is C20H30N3O2+. The molecule has 5 nitrogen and oxygen atoms in total. The summed E-state index contributed by atoms with van der Waals surface area (Å²) < 4.78 is 5.83. The maximum atomic E-state index is 12.5. The number of hydrogen-bond acceptors (Lipinski definition) is 3. The number of nitrogens with two attached hydrogens (primary N) is 1. The predicted octanol–water partition coefficient (Wildman–Crippen LogP) is 1.83. The number of nitrogens with one attached hydrogen (secondary N) is 1. The normalized spacial score (nSPS) is 37.5. The summed E-state index contributed by atoms with van der Waals surface area (Å²) >= 11 is 0. The molecule has 0 spiro atoms. The van der Waals surface area contributed by atoms with E-state index in [0.717, 1.165) is 44.5 Å². The lowest BCUT2D eigenvalue weighted by Crippen LogP contribution is -2.86. The molecule has 1 aliphatic heterocycles. The number of aromatic amines is 1. The molecule has 2 saturated carbocycles. The van der Waals surface area contributed by atoms with Crippen molar-refractivity contribution in [2.45, 2.75) is 51.6 Å². The first-order chi connectivity index (χ1) is 12.1. The van der Waals surface area contributed by atoms with Crippen LogP contribution in [0.2, 0.25) is 0 Å². The molecule has 1 saturated heterocycles. The van der Waals surface area contributed by atoms with E-state index in [4.69, 9.17) is 4.74 Å². The molecule has 0 bridgehead atoms. The average molecular weight is 344 g/mol. The van der Waals surface area contributed by atoms with Gasteiger partial charge in [0.15, 0.2) is 0 Å². The van der Waals surface area contributed by atoms with Crippen LogP contribution in [0.1, 0.15) is 44.7 Å². The van der Waals surface area contributed by atoms with Gasteiger partial charge in [-0.25, -0.2) is 4.98 Å². The monoisotopic (exact) mass is 344 g/mol. The molecule has 136 valence electrons. The van der Waals surface area contributed by atoms with Gasteiger partial charge in [0.2, 0.25) is 0 Å². The third-order valence-corrected chi connectivity index (χ3v) is 6.91. The Morgan fingerprint density at radius 2 is 2.40 bits per heavy atom. The number of ether oxygens (including phenoxy) is 1. The van der Waals surface area contributed by atoms with Gasteiger partial charge in [-0.2, -0.15) is 0 Å². The standard InChI is InChI=1S/C20H29N3O2/c1-13-4-3-6-20(2)9-18-15(8-17(13)20)16(19(24)25-18)11-21-7-5-14-10-22-12-23-14/h10,12,15-18,21H,1,3-9,11H2,2H3,(H,22,23)/p+1/t15-,16-,17+,18+,20-/m0/s1. The first-order valence-corrected chi connectivity index (χ1v) is 9.74.